The average Bonchev–Trinajstić information content (AvgIpc) is 1.95. The molecular weight excluding hydrogens is 152 g/mol. The van der Waals surface area contributed by atoms with E-state index in [-0.39, 0.29) is 0 Å². The lowest BCUT2D eigenvalue weighted by atomic mass is 10.1. The Morgan fingerprint density at radius 3 is 2.00 bits per heavy atom. The lowest BCUT2D eigenvalue weighted by Gasteiger charge is -2.21. The van der Waals surface area contributed by atoms with Crippen LogP contribution in [0.2, 0.25) is 0 Å². The molecule has 3 radical (unpaired) electrons. The van der Waals surface area contributed by atoms with Gasteiger partial charge in [0.25, 0.3) is 0 Å². The van der Waals surface area contributed by atoms with E-state index in [0.717, 1.165) is 0 Å². The van der Waals surface area contributed by atoms with E-state index >= 15 is 0 Å². The van der Waals surface area contributed by atoms with Crippen molar-refractivity contribution in [1.82, 2.24) is 0 Å². The number of alkyl halides is 1. The highest BCUT2D eigenvalue weighted by molar-refractivity contribution is 6.19. The number of hydrogen-bond acceptors (Lipinski definition) is 1. The van der Waals surface area contributed by atoms with E-state index in [2.05, 4.69) is 23.6 Å². The third-order valence-corrected chi connectivity index (χ3v) is 1.89. The maximum Gasteiger partial charge on any atom is 0.248 e. The van der Waals surface area contributed by atoms with Crippen LogP contribution in [-0.4, -0.2) is 22.0 Å². The van der Waals surface area contributed by atoms with Gasteiger partial charge in [-0.05, 0) is 0 Å². The summed E-state index contributed by atoms with van der Waals surface area (Å²) in [6.45, 7) is 7.07. The summed E-state index contributed by atoms with van der Waals surface area (Å²) in [4.78, 5) is 0. The first kappa shape index (κ1) is 8.95. The second kappa shape index (κ2) is 3.88. The molecule has 0 heterocycles. The van der Waals surface area contributed by atoms with Gasteiger partial charge in [0.1, 0.15) is 5.60 Å². The van der Waals surface area contributed by atoms with Gasteiger partial charge in [-0.3, -0.25) is 0 Å². The molecule has 9 heavy (non-hydrogen) atoms. The Kier molecular flexibility index (Phi) is 3.85. The molecule has 1 nitrogen and oxygen atoms in total. The monoisotopic (exact) mass is 159 g/mol. The van der Waals surface area contributed by atoms with E-state index in [1.165, 1.54) is 0 Å². The molecule has 0 unspecified atom stereocenters. The molecular formula is C6H8ClOSi. The molecule has 0 fully saturated rings. The molecule has 49 valence electrons. The molecule has 0 aromatic carbocycles. The molecule has 0 amide bonds. The molecule has 0 spiro atoms. The Morgan fingerprint density at radius 1 is 1.56 bits per heavy atom. The first-order chi connectivity index (χ1) is 4.24. The molecule has 0 bridgehead atoms. The van der Waals surface area contributed by atoms with Gasteiger partial charge in [-0.1, -0.05) is 25.3 Å². The van der Waals surface area contributed by atoms with Gasteiger partial charge in [-0.25, -0.2) is 0 Å². The zero-order valence-electron chi connectivity index (χ0n) is 5.06. The lowest BCUT2D eigenvalue weighted by Crippen LogP contribution is -2.27. The number of halogens is 1. The van der Waals surface area contributed by atoms with Crippen molar-refractivity contribution in [3.63, 3.8) is 0 Å². The van der Waals surface area contributed by atoms with Gasteiger partial charge in [-0.2, -0.15) is 0 Å². The van der Waals surface area contributed by atoms with E-state index in [1.54, 1.807) is 12.2 Å². The van der Waals surface area contributed by atoms with Crippen molar-refractivity contribution in [1.29, 1.82) is 0 Å². The summed E-state index contributed by atoms with van der Waals surface area (Å²) in [7, 11) is 2.87. The molecule has 0 aliphatic carbocycles. The summed E-state index contributed by atoms with van der Waals surface area (Å²) in [5.74, 6) is 0.309. The minimum absolute atomic E-state index is 0.309. The van der Waals surface area contributed by atoms with Crippen molar-refractivity contribution in [3.05, 3.63) is 25.3 Å². The summed E-state index contributed by atoms with van der Waals surface area (Å²) in [6.07, 6.45) is 3.17. The van der Waals surface area contributed by atoms with Crippen LogP contribution in [0.25, 0.3) is 0 Å². The molecule has 0 rings (SSSR count). The molecule has 0 saturated heterocycles. The van der Waals surface area contributed by atoms with Gasteiger partial charge in [0, 0.05) is 0 Å². The molecule has 3 heteroatoms. The van der Waals surface area contributed by atoms with E-state index in [1.807, 2.05) is 0 Å². The summed E-state index contributed by atoms with van der Waals surface area (Å²) < 4.78 is 4.82. The van der Waals surface area contributed by atoms with Gasteiger partial charge in [-0.15, -0.1) is 11.6 Å². The van der Waals surface area contributed by atoms with Crippen LogP contribution in [0.1, 0.15) is 0 Å². The van der Waals surface area contributed by atoms with Crippen LogP contribution in [0.5, 0.6) is 0 Å². The topological polar surface area (TPSA) is 9.23 Å². The maximum atomic E-state index is 5.53. The largest absolute Gasteiger partial charge is 0.405 e. The summed E-state index contributed by atoms with van der Waals surface area (Å²) >= 11 is 5.53. The first-order valence-corrected chi connectivity index (χ1v) is 3.37. The zero-order chi connectivity index (χ0) is 7.33. The molecule has 0 aliphatic rings. The number of hydrogen-bond donors (Lipinski definition) is 0. The van der Waals surface area contributed by atoms with Crippen molar-refractivity contribution in [2.75, 3.05) is 5.88 Å². The van der Waals surface area contributed by atoms with Crippen LogP contribution in [0.15, 0.2) is 25.3 Å². The van der Waals surface area contributed by atoms with Crippen LogP contribution in [0.4, 0.5) is 0 Å². The van der Waals surface area contributed by atoms with Crippen molar-refractivity contribution < 1.29 is 4.43 Å². The van der Waals surface area contributed by atoms with E-state index in [9.17, 15) is 0 Å². The predicted molar refractivity (Wildman–Crippen MR) is 40.7 cm³/mol. The highest BCUT2D eigenvalue weighted by atomic mass is 35.5. The van der Waals surface area contributed by atoms with Crippen molar-refractivity contribution in [2.24, 2.45) is 0 Å². The Labute approximate surface area is 63.9 Å². The fourth-order valence-corrected chi connectivity index (χ4v) is 0.906. The fourth-order valence-electron chi connectivity index (χ4n) is 0.303. The van der Waals surface area contributed by atoms with Gasteiger partial charge in [0.05, 0.1) is 5.88 Å². The molecule has 0 aromatic rings. The highest BCUT2D eigenvalue weighted by Crippen LogP contribution is 2.13. The summed E-state index contributed by atoms with van der Waals surface area (Å²) in [6, 6.07) is 0. The summed E-state index contributed by atoms with van der Waals surface area (Å²) in [5, 5.41) is 0. The predicted octanol–water partition coefficient (Wildman–Crippen LogP) is 1.44. The van der Waals surface area contributed by atoms with Gasteiger partial charge >= 0.3 is 0 Å². The minimum Gasteiger partial charge on any atom is -0.405 e. The van der Waals surface area contributed by atoms with Crippen LogP contribution >= 0.6 is 11.6 Å². The number of rotatable bonds is 4. The quantitative estimate of drug-likeness (QED) is 0.343. The van der Waals surface area contributed by atoms with Crippen molar-refractivity contribution in [2.45, 2.75) is 5.60 Å². The molecule has 0 N–H and O–H groups in total. The van der Waals surface area contributed by atoms with Gasteiger partial charge in [0.2, 0.25) is 10.5 Å². The molecule has 0 aromatic heterocycles. The minimum atomic E-state index is -0.627. The lowest BCUT2D eigenvalue weighted by molar-refractivity contribution is 0.218. The van der Waals surface area contributed by atoms with E-state index in [4.69, 9.17) is 16.0 Å². The van der Waals surface area contributed by atoms with Gasteiger partial charge < -0.3 is 4.43 Å². The third-order valence-electron chi connectivity index (χ3n) is 1.09. The second-order valence-corrected chi connectivity index (χ2v) is 2.07. The van der Waals surface area contributed by atoms with Gasteiger partial charge in [0.15, 0.2) is 0 Å². The fraction of sp³-hybridized carbons (Fsp3) is 0.333. The van der Waals surface area contributed by atoms with Crippen LogP contribution in [0.3, 0.4) is 0 Å². The zero-order valence-corrected chi connectivity index (χ0v) is 6.82. The average molecular weight is 160 g/mol. The van der Waals surface area contributed by atoms with E-state index < -0.39 is 5.60 Å². The van der Waals surface area contributed by atoms with Crippen LogP contribution < -0.4 is 0 Å². The smallest absolute Gasteiger partial charge is 0.248 e. The Bertz CT molecular complexity index is 99.6. The molecule has 0 saturated carbocycles. The Morgan fingerprint density at radius 2 is 2.00 bits per heavy atom. The Balaban J connectivity index is 4.15. The van der Waals surface area contributed by atoms with Crippen molar-refractivity contribution in [3.8, 4) is 0 Å². The first-order valence-electron chi connectivity index (χ1n) is 2.42. The molecule has 0 atom stereocenters. The third kappa shape index (κ3) is 1.97. The molecule has 0 aliphatic heterocycles. The standard InChI is InChI=1S/C6H8ClOSi/c1-3-6(4-2,5-7)8-9/h3-4H,1-2,5H2. The van der Waals surface area contributed by atoms with Crippen LogP contribution in [0, 0.1) is 0 Å². The van der Waals surface area contributed by atoms with Crippen molar-refractivity contribution >= 4 is 22.1 Å². The van der Waals surface area contributed by atoms with Crippen LogP contribution in [-0.2, 0) is 4.43 Å². The highest BCUT2D eigenvalue weighted by Gasteiger charge is 2.18. The second-order valence-electron chi connectivity index (χ2n) is 1.60. The SMILES string of the molecule is C=CC(C=C)(CCl)O[Si]. The maximum absolute atomic E-state index is 5.53. The summed E-state index contributed by atoms with van der Waals surface area (Å²) in [5.41, 5.74) is -0.627. The normalized spacial score (nSPS) is 10.9. The Hall–Kier alpha value is -0.0531. The van der Waals surface area contributed by atoms with E-state index in [0.29, 0.717) is 5.88 Å².